The van der Waals surface area contributed by atoms with E-state index in [0.29, 0.717) is 28.5 Å². The second-order valence-electron chi connectivity index (χ2n) is 7.86. The Morgan fingerprint density at radius 3 is 2.29 bits per heavy atom. The average molecular weight is 452 g/mol. The van der Waals surface area contributed by atoms with Crippen molar-refractivity contribution in [3.63, 3.8) is 0 Å². The third-order valence-corrected chi connectivity index (χ3v) is 5.60. The molecule has 5 aromatic rings. The normalized spacial score (nSPS) is 11.0. The van der Waals surface area contributed by atoms with Crippen LogP contribution in [0.25, 0.3) is 33.9 Å². The van der Waals surface area contributed by atoms with E-state index in [9.17, 15) is 9.59 Å². The quantitative estimate of drug-likeness (QED) is 0.237. The van der Waals surface area contributed by atoms with Crippen LogP contribution in [0.15, 0.2) is 81.6 Å². The summed E-state index contributed by atoms with van der Waals surface area (Å²) in [4.78, 5) is 25.0. The lowest BCUT2D eigenvalue weighted by Crippen LogP contribution is -2.14. The van der Waals surface area contributed by atoms with Gasteiger partial charge in [0.25, 0.3) is 0 Å². The number of esters is 1. The molecular formula is C27H20N2O5. The molecule has 7 heteroatoms. The Morgan fingerprint density at radius 1 is 0.824 bits per heavy atom. The third kappa shape index (κ3) is 3.99. The summed E-state index contributed by atoms with van der Waals surface area (Å²) in [5.41, 5.74) is 4.21. The highest BCUT2D eigenvalue weighted by Gasteiger charge is 2.20. The topological polar surface area (TPSA) is 95.4 Å². The summed E-state index contributed by atoms with van der Waals surface area (Å²) in [7, 11) is 0. The van der Waals surface area contributed by atoms with Gasteiger partial charge in [-0.25, -0.2) is 4.79 Å². The number of carbonyl (C=O) groups is 2. The van der Waals surface area contributed by atoms with Crippen LogP contribution in [0.1, 0.15) is 32.0 Å². The maximum Gasteiger partial charge on any atom is 0.338 e. The summed E-state index contributed by atoms with van der Waals surface area (Å²) in [5.74, 6) is -0.0389. The SMILES string of the molecule is Cc1ccccc1-c1nnc(-c2ccc(C(=O)OCC(=O)c3oc4ccccc4c3C)cc2)o1. The van der Waals surface area contributed by atoms with E-state index in [2.05, 4.69) is 10.2 Å². The van der Waals surface area contributed by atoms with Crippen molar-refractivity contribution in [1.82, 2.24) is 10.2 Å². The van der Waals surface area contributed by atoms with Gasteiger partial charge in [-0.1, -0.05) is 36.4 Å². The molecule has 0 bridgehead atoms. The summed E-state index contributed by atoms with van der Waals surface area (Å²) in [5, 5.41) is 9.10. The molecule has 0 saturated carbocycles. The largest absolute Gasteiger partial charge is 0.454 e. The molecule has 0 aliphatic rings. The van der Waals surface area contributed by atoms with Crippen LogP contribution in [0.3, 0.4) is 0 Å². The minimum atomic E-state index is -0.611. The summed E-state index contributed by atoms with van der Waals surface area (Å²) in [6.45, 7) is 3.37. The first kappa shape index (κ1) is 21.3. The zero-order valence-corrected chi connectivity index (χ0v) is 18.6. The Bertz CT molecular complexity index is 1510. The lowest BCUT2D eigenvalue weighted by Gasteiger charge is -2.04. The Hall–Kier alpha value is -4.52. The number of ketones is 1. The number of rotatable bonds is 6. The van der Waals surface area contributed by atoms with Gasteiger partial charge in [0, 0.05) is 22.1 Å². The molecule has 34 heavy (non-hydrogen) atoms. The van der Waals surface area contributed by atoms with E-state index in [-0.39, 0.29) is 5.76 Å². The molecule has 0 N–H and O–H groups in total. The van der Waals surface area contributed by atoms with Crippen molar-refractivity contribution in [2.24, 2.45) is 0 Å². The highest BCUT2D eigenvalue weighted by atomic mass is 16.5. The summed E-state index contributed by atoms with van der Waals surface area (Å²) >= 11 is 0. The second-order valence-corrected chi connectivity index (χ2v) is 7.86. The number of hydrogen-bond donors (Lipinski definition) is 0. The molecule has 2 heterocycles. The number of carbonyl (C=O) groups excluding carboxylic acids is 2. The van der Waals surface area contributed by atoms with Crippen molar-refractivity contribution in [1.29, 1.82) is 0 Å². The van der Waals surface area contributed by atoms with Gasteiger partial charge in [0.1, 0.15) is 5.58 Å². The van der Waals surface area contributed by atoms with Crippen molar-refractivity contribution in [2.75, 3.05) is 6.61 Å². The molecule has 7 nitrogen and oxygen atoms in total. The number of nitrogens with zero attached hydrogens (tertiary/aromatic N) is 2. The van der Waals surface area contributed by atoms with Crippen LogP contribution >= 0.6 is 0 Å². The number of aromatic nitrogens is 2. The molecule has 168 valence electrons. The van der Waals surface area contributed by atoms with Crippen LogP contribution in [0.2, 0.25) is 0 Å². The van der Waals surface area contributed by atoms with Crippen LogP contribution < -0.4 is 0 Å². The number of Topliss-reactive ketones (excluding diaryl/α,β-unsaturated/α-hetero) is 1. The van der Waals surface area contributed by atoms with Gasteiger partial charge in [-0.05, 0) is 55.8 Å². The fraction of sp³-hybridized carbons (Fsp3) is 0.111. The highest BCUT2D eigenvalue weighted by molar-refractivity contribution is 6.02. The fourth-order valence-electron chi connectivity index (χ4n) is 3.73. The standard InChI is InChI=1S/C27H20N2O5/c1-16-7-3-4-8-20(16)26-29-28-25(34-26)18-11-13-19(14-12-18)27(31)32-15-22(30)24-17(2)21-9-5-6-10-23(21)33-24/h3-14H,15H2,1-2H3. The van der Waals surface area contributed by atoms with Crippen molar-refractivity contribution in [2.45, 2.75) is 13.8 Å². The Labute approximate surface area is 195 Å². The van der Waals surface area contributed by atoms with E-state index in [4.69, 9.17) is 13.6 Å². The van der Waals surface area contributed by atoms with Crippen molar-refractivity contribution < 1.29 is 23.2 Å². The summed E-state index contributed by atoms with van der Waals surface area (Å²) in [6.07, 6.45) is 0. The molecule has 0 atom stereocenters. The number of para-hydroxylation sites is 1. The number of furan rings is 1. The predicted octanol–water partition coefficient (Wildman–Crippen LogP) is 5.81. The minimum Gasteiger partial charge on any atom is -0.454 e. The van der Waals surface area contributed by atoms with Crippen LogP contribution in [0, 0.1) is 13.8 Å². The van der Waals surface area contributed by atoms with Crippen LogP contribution in [-0.2, 0) is 4.74 Å². The van der Waals surface area contributed by atoms with Crippen molar-refractivity contribution in [3.05, 3.63) is 95.2 Å². The van der Waals surface area contributed by atoms with Gasteiger partial charge in [0.05, 0.1) is 5.56 Å². The Kier molecular flexibility index (Phi) is 5.51. The molecule has 3 aromatic carbocycles. The molecule has 0 aliphatic carbocycles. The number of benzene rings is 3. The molecule has 2 aromatic heterocycles. The van der Waals surface area contributed by atoms with Crippen molar-refractivity contribution >= 4 is 22.7 Å². The zero-order valence-electron chi connectivity index (χ0n) is 18.6. The smallest absolute Gasteiger partial charge is 0.338 e. The van der Waals surface area contributed by atoms with E-state index in [1.807, 2.05) is 56.3 Å². The molecule has 0 amide bonds. The van der Waals surface area contributed by atoms with Gasteiger partial charge in [-0.15, -0.1) is 10.2 Å². The first-order valence-corrected chi connectivity index (χ1v) is 10.7. The maximum atomic E-state index is 12.6. The molecule has 0 unspecified atom stereocenters. The predicted molar refractivity (Wildman–Crippen MR) is 125 cm³/mol. The van der Waals surface area contributed by atoms with E-state index in [1.165, 1.54) is 0 Å². The first-order chi connectivity index (χ1) is 16.5. The highest BCUT2D eigenvalue weighted by Crippen LogP contribution is 2.27. The Balaban J connectivity index is 1.26. The van der Waals surface area contributed by atoms with E-state index in [0.717, 1.165) is 22.1 Å². The maximum absolute atomic E-state index is 12.6. The number of fused-ring (bicyclic) bond motifs is 1. The lowest BCUT2D eigenvalue weighted by molar-refractivity contribution is 0.0468. The van der Waals surface area contributed by atoms with Gasteiger partial charge < -0.3 is 13.6 Å². The van der Waals surface area contributed by atoms with Crippen LogP contribution in [-0.4, -0.2) is 28.6 Å². The lowest BCUT2D eigenvalue weighted by atomic mass is 10.1. The second kappa shape index (κ2) is 8.78. The minimum absolute atomic E-state index is 0.199. The number of aryl methyl sites for hydroxylation is 2. The van der Waals surface area contributed by atoms with Gasteiger partial charge >= 0.3 is 5.97 Å². The first-order valence-electron chi connectivity index (χ1n) is 10.7. The molecular weight excluding hydrogens is 432 g/mol. The Morgan fingerprint density at radius 2 is 1.53 bits per heavy atom. The van der Waals surface area contributed by atoms with Gasteiger partial charge in [-0.3, -0.25) is 4.79 Å². The third-order valence-electron chi connectivity index (χ3n) is 5.60. The summed E-state index contributed by atoms with van der Waals surface area (Å²) < 4.78 is 16.7. The van der Waals surface area contributed by atoms with Crippen LogP contribution in [0.4, 0.5) is 0 Å². The molecule has 0 spiro atoms. The van der Waals surface area contributed by atoms with E-state index < -0.39 is 18.4 Å². The van der Waals surface area contributed by atoms with Crippen LogP contribution in [0.5, 0.6) is 0 Å². The van der Waals surface area contributed by atoms with Gasteiger partial charge in [0.15, 0.2) is 12.4 Å². The van der Waals surface area contributed by atoms with Crippen molar-refractivity contribution in [3.8, 4) is 22.9 Å². The average Bonchev–Trinajstić information content (AvgIpc) is 3.48. The van der Waals surface area contributed by atoms with Gasteiger partial charge in [-0.2, -0.15) is 0 Å². The molecule has 5 rings (SSSR count). The van der Waals surface area contributed by atoms with E-state index >= 15 is 0 Å². The van der Waals surface area contributed by atoms with Gasteiger partial charge in [0.2, 0.25) is 17.6 Å². The monoisotopic (exact) mass is 452 g/mol. The summed E-state index contributed by atoms with van der Waals surface area (Å²) in [6, 6.07) is 21.7. The molecule has 0 radical (unpaired) electrons. The zero-order chi connectivity index (χ0) is 23.7. The molecule has 0 aliphatic heterocycles. The molecule has 0 fully saturated rings. The fourth-order valence-corrected chi connectivity index (χ4v) is 3.73. The van der Waals surface area contributed by atoms with E-state index in [1.54, 1.807) is 30.3 Å². The number of hydrogen-bond acceptors (Lipinski definition) is 7. The number of ether oxygens (including phenoxy) is 1. The molecule has 0 saturated heterocycles.